The number of rotatable bonds is 3. The number of hydrogen-bond donors (Lipinski definition) is 3. The molecule has 1 saturated heterocycles. The van der Waals surface area contributed by atoms with E-state index in [0.717, 1.165) is 6.42 Å². The van der Waals surface area contributed by atoms with Gasteiger partial charge in [0.1, 0.15) is 0 Å². The van der Waals surface area contributed by atoms with E-state index in [9.17, 15) is 9.59 Å². The van der Waals surface area contributed by atoms with Gasteiger partial charge in [-0.25, -0.2) is 5.84 Å². The largest absolute Gasteiger partial charge is 0.368 e. The van der Waals surface area contributed by atoms with Crippen molar-refractivity contribution < 1.29 is 9.59 Å². The predicted octanol–water partition coefficient (Wildman–Crippen LogP) is -2.08. The molecule has 0 radical (unpaired) electrons. The summed E-state index contributed by atoms with van der Waals surface area (Å²) < 4.78 is 0. The van der Waals surface area contributed by atoms with E-state index in [0.29, 0.717) is 6.54 Å². The maximum atomic E-state index is 11.1. The second kappa shape index (κ2) is 3.71. The number of likely N-dealkylation sites (tertiary alicyclic amines) is 1. The van der Waals surface area contributed by atoms with E-state index in [1.807, 2.05) is 5.43 Å². The quantitative estimate of drug-likeness (QED) is 0.267. The molecule has 6 nitrogen and oxygen atoms in total. The first-order valence-electron chi connectivity index (χ1n) is 4.13. The minimum absolute atomic E-state index is 0.300. The van der Waals surface area contributed by atoms with Crippen molar-refractivity contribution in [2.45, 2.75) is 25.4 Å². The van der Waals surface area contributed by atoms with Crippen molar-refractivity contribution in [1.29, 1.82) is 0 Å². The Balaban J connectivity index is 2.53. The van der Waals surface area contributed by atoms with Crippen molar-refractivity contribution >= 4 is 11.8 Å². The zero-order valence-electron chi connectivity index (χ0n) is 7.49. The number of carbonyl (C=O) groups excluding carboxylic acids is 2. The van der Waals surface area contributed by atoms with E-state index < -0.39 is 6.04 Å². The van der Waals surface area contributed by atoms with Gasteiger partial charge in [0.25, 0.3) is 5.91 Å². The lowest BCUT2D eigenvalue weighted by atomic mass is 9.99. The van der Waals surface area contributed by atoms with E-state index >= 15 is 0 Å². The smallest absolute Gasteiger partial charge is 0.250 e. The Labute approximate surface area is 76.2 Å². The fourth-order valence-corrected chi connectivity index (χ4v) is 1.45. The van der Waals surface area contributed by atoms with Gasteiger partial charge in [-0.3, -0.25) is 19.9 Å². The average molecular weight is 186 g/mol. The van der Waals surface area contributed by atoms with Crippen LogP contribution in [0.2, 0.25) is 0 Å². The molecular formula is C7H14N4O2. The number of amides is 2. The number of nitrogens with zero attached hydrogens (tertiary/aromatic N) is 1. The molecule has 0 bridgehead atoms. The molecule has 6 heteroatoms. The normalized spacial score (nSPS) is 24.6. The van der Waals surface area contributed by atoms with Gasteiger partial charge >= 0.3 is 0 Å². The molecule has 0 saturated carbocycles. The second-order valence-corrected chi connectivity index (χ2v) is 3.13. The third-order valence-electron chi connectivity index (χ3n) is 2.41. The lowest BCUT2D eigenvalue weighted by Gasteiger charge is -2.41. The molecule has 1 fully saturated rings. The highest BCUT2D eigenvalue weighted by atomic mass is 16.2. The average Bonchev–Trinajstić information content (AvgIpc) is 1.99. The Morgan fingerprint density at radius 3 is 2.54 bits per heavy atom. The van der Waals surface area contributed by atoms with Gasteiger partial charge in [0.2, 0.25) is 5.91 Å². The molecule has 0 aromatic carbocycles. The molecule has 74 valence electrons. The Morgan fingerprint density at radius 1 is 1.62 bits per heavy atom. The molecule has 0 aromatic rings. The Morgan fingerprint density at radius 2 is 2.23 bits per heavy atom. The Bertz CT molecular complexity index is 231. The summed E-state index contributed by atoms with van der Waals surface area (Å²) in [5.41, 5.74) is 7.16. The molecule has 0 aromatic heterocycles. The summed E-state index contributed by atoms with van der Waals surface area (Å²) in [4.78, 5) is 23.6. The van der Waals surface area contributed by atoms with E-state index in [4.69, 9.17) is 11.6 Å². The molecule has 13 heavy (non-hydrogen) atoms. The Hall–Kier alpha value is -1.14. The highest BCUT2D eigenvalue weighted by Gasteiger charge is 2.38. The van der Waals surface area contributed by atoms with E-state index in [-0.39, 0.29) is 17.9 Å². The number of nitrogens with one attached hydrogen (secondary N) is 1. The van der Waals surface area contributed by atoms with Gasteiger partial charge in [-0.2, -0.15) is 0 Å². The number of hydrogen-bond acceptors (Lipinski definition) is 4. The summed E-state index contributed by atoms with van der Waals surface area (Å²) in [5.74, 6) is 4.28. The van der Waals surface area contributed by atoms with Crippen LogP contribution in [-0.2, 0) is 9.59 Å². The predicted molar refractivity (Wildman–Crippen MR) is 46.1 cm³/mol. The van der Waals surface area contributed by atoms with Gasteiger partial charge in [0.15, 0.2) is 0 Å². The molecule has 0 aliphatic carbocycles. The molecule has 2 amide bonds. The van der Waals surface area contributed by atoms with Crippen LogP contribution in [0, 0.1) is 0 Å². The first-order valence-corrected chi connectivity index (χ1v) is 4.13. The summed E-state index contributed by atoms with van der Waals surface area (Å²) in [6, 6.07) is -0.705. The molecule has 2 unspecified atom stereocenters. The highest BCUT2D eigenvalue weighted by Crippen LogP contribution is 2.19. The summed E-state index contributed by atoms with van der Waals surface area (Å²) in [7, 11) is 0. The lowest BCUT2D eigenvalue weighted by Crippen LogP contribution is -2.61. The minimum atomic E-state index is -0.392. The van der Waals surface area contributed by atoms with Crippen molar-refractivity contribution in [2.75, 3.05) is 6.54 Å². The summed E-state index contributed by atoms with van der Waals surface area (Å²) in [6.45, 7) is 2.40. The van der Waals surface area contributed by atoms with Crippen LogP contribution in [0.15, 0.2) is 0 Å². The molecule has 1 aliphatic rings. The van der Waals surface area contributed by atoms with Crippen LogP contribution in [0.1, 0.15) is 13.3 Å². The molecule has 1 rings (SSSR count). The van der Waals surface area contributed by atoms with Crippen molar-refractivity contribution in [1.82, 2.24) is 10.3 Å². The van der Waals surface area contributed by atoms with Crippen molar-refractivity contribution in [2.24, 2.45) is 11.6 Å². The van der Waals surface area contributed by atoms with Crippen molar-refractivity contribution in [3.63, 3.8) is 0 Å². The highest BCUT2D eigenvalue weighted by molar-refractivity contribution is 5.84. The summed E-state index contributed by atoms with van der Waals surface area (Å²) in [6.07, 6.45) is 0.720. The number of primary amides is 1. The van der Waals surface area contributed by atoms with Gasteiger partial charge in [-0.15, -0.1) is 0 Å². The van der Waals surface area contributed by atoms with Crippen LogP contribution in [0.4, 0.5) is 0 Å². The van der Waals surface area contributed by atoms with Crippen LogP contribution < -0.4 is 17.0 Å². The fraction of sp³-hybridized carbons (Fsp3) is 0.714. The van der Waals surface area contributed by atoms with Gasteiger partial charge in [0.05, 0.1) is 12.1 Å². The SMILES string of the molecule is CC(C(=O)NN)N1CCC1C(N)=O. The monoisotopic (exact) mass is 186 g/mol. The van der Waals surface area contributed by atoms with Gasteiger partial charge < -0.3 is 5.73 Å². The van der Waals surface area contributed by atoms with Crippen LogP contribution >= 0.6 is 0 Å². The number of nitrogens with two attached hydrogens (primary N) is 2. The molecule has 1 aliphatic heterocycles. The first-order chi connectivity index (χ1) is 6.07. The van der Waals surface area contributed by atoms with Crippen molar-refractivity contribution in [3.05, 3.63) is 0 Å². The third kappa shape index (κ3) is 1.78. The van der Waals surface area contributed by atoms with Crippen LogP contribution in [0.3, 0.4) is 0 Å². The third-order valence-corrected chi connectivity index (χ3v) is 2.41. The van der Waals surface area contributed by atoms with Crippen molar-refractivity contribution in [3.8, 4) is 0 Å². The minimum Gasteiger partial charge on any atom is -0.368 e. The van der Waals surface area contributed by atoms with Crippen LogP contribution in [0.25, 0.3) is 0 Å². The standard InChI is InChI=1S/C7H14N4O2/c1-4(7(13)10-9)11-3-2-5(11)6(8)12/h4-5H,2-3,9H2,1H3,(H2,8,12)(H,10,13). The molecular weight excluding hydrogens is 172 g/mol. The number of carbonyl (C=O) groups is 2. The summed E-state index contributed by atoms with van der Waals surface area (Å²) >= 11 is 0. The summed E-state index contributed by atoms with van der Waals surface area (Å²) in [5, 5.41) is 0. The lowest BCUT2D eigenvalue weighted by molar-refractivity contribution is -0.136. The molecule has 0 spiro atoms. The van der Waals surface area contributed by atoms with E-state index in [1.54, 1.807) is 11.8 Å². The van der Waals surface area contributed by atoms with Crippen LogP contribution in [0.5, 0.6) is 0 Å². The van der Waals surface area contributed by atoms with Gasteiger partial charge in [0, 0.05) is 6.54 Å². The second-order valence-electron chi connectivity index (χ2n) is 3.13. The maximum Gasteiger partial charge on any atom is 0.250 e. The first kappa shape index (κ1) is 9.94. The Kier molecular flexibility index (Phi) is 2.84. The van der Waals surface area contributed by atoms with E-state index in [1.165, 1.54) is 0 Å². The van der Waals surface area contributed by atoms with E-state index in [2.05, 4.69) is 0 Å². The van der Waals surface area contributed by atoms with Gasteiger partial charge in [-0.05, 0) is 13.3 Å². The zero-order valence-corrected chi connectivity index (χ0v) is 7.49. The maximum absolute atomic E-state index is 11.1. The van der Waals surface area contributed by atoms with Gasteiger partial charge in [-0.1, -0.05) is 0 Å². The zero-order chi connectivity index (χ0) is 10.0. The molecule has 2 atom stereocenters. The molecule has 5 N–H and O–H groups in total. The number of hydrazine groups is 1. The van der Waals surface area contributed by atoms with Crippen LogP contribution in [-0.4, -0.2) is 35.3 Å². The topological polar surface area (TPSA) is 101 Å². The molecule has 1 heterocycles. The fourth-order valence-electron chi connectivity index (χ4n) is 1.45.